The Bertz CT molecular complexity index is 382. The molecule has 1 atom stereocenters. The number of nitrogens with zero attached hydrogens (tertiary/aromatic N) is 1. The first kappa shape index (κ1) is 12.8. The highest BCUT2D eigenvalue weighted by Gasteiger charge is 2.20. The van der Waals surface area contributed by atoms with Crippen LogP contribution in [0.25, 0.3) is 0 Å². The van der Waals surface area contributed by atoms with E-state index in [1.54, 1.807) is 0 Å². The van der Waals surface area contributed by atoms with E-state index in [1.807, 2.05) is 6.07 Å². The third kappa shape index (κ3) is 3.19. The third-order valence-corrected chi connectivity index (χ3v) is 3.78. The van der Waals surface area contributed by atoms with Crippen molar-refractivity contribution in [1.82, 2.24) is 5.32 Å². The van der Waals surface area contributed by atoms with Crippen molar-refractivity contribution in [1.29, 1.82) is 0 Å². The normalized spacial score (nSPS) is 20.6. The van der Waals surface area contributed by atoms with Gasteiger partial charge in [0.2, 0.25) is 0 Å². The van der Waals surface area contributed by atoms with Crippen LogP contribution in [0.4, 0.5) is 10.1 Å². The molecule has 94 valence electrons. The first-order valence-corrected chi connectivity index (χ1v) is 6.93. The fourth-order valence-corrected chi connectivity index (χ4v) is 2.93. The van der Waals surface area contributed by atoms with Crippen LogP contribution in [0.3, 0.4) is 0 Å². The van der Waals surface area contributed by atoms with Crippen LogP contribution in [0.1, 0.15) is 19.8 Å². The Morgan fingerprint density at radius 3 is 3.06 bits per heavy atom. The van der Waals surface area contributed by atoms with E-state index in [9.17, 15) is 4.39 Å². The van der Waals surface area contributed by atoms with Gasteiger partial charge < -0.3 is 10.2 Å². The Hall–Kier alpha value is -0.610. The van der Waals surface area contributed by atoms with Crippen LogP contribution in [0.5, 0.6) is 0 Å². The van der Waals surface area contributed by atoms with E-state index >= 15 is 0 Å². The average molecular weight is 301 g/mol. The number of anilines is 1. The maximum Gasteiger partial charge on any atom is 0.124 e. The predicted molar refractivity (Wildman–Crippen MR) is 73.0 cm³/mol. The van der Waals surface area contributed by atoms with E-state index < -0.39 is 0 Å². The molecule has 0 radical (unpaired) electrons. The number of nitrogens with one attached hydrogen (secondary N) is 1. The van der Waals surface area contributed by atoms with Gasteiger partial charge in [0.15, 0.2) is 0 Å². The van der Waals surface area contributed by atoms with Crippen molar-refractivity contribution in [2.75, 3.05) is 24.5 Å². The van der Waals surface area contributed by atoms with Crippen LogP contribution in [0.15, 0.2) is 22.7 Å². The molecular formula is C13H18BrFN2. The molecular weight excluding hydrogens is 283 g/mol. The van der Waals surface area contributed by atoms with Gasteiger partial charge in [-0.1, -0.05) is 13.3 Å². The molecule has 1 aromatic carbocycles. The number of hydrogen-bond acceptors (Lipinski definition) is 2. The lowest BCUT2D eigenvalue weighted by Gasteiger charge is -2.35. The van der Waals surface area contributed by atoms with Crippen molar-refractivity contribution in [3.05, 3.63) is 28.5 Å². The van der Waals surface area contributed by atoms with Crippen LogP contribution in [-0.4, -0.2) is 25.7 Å². The van der Waals surface area contributed by atoms with Gasteiger partial charge in [-0.05, 0) is 40.5 Å². The van der Waals surface area contributed by atoms with Crippen molar-refractivity contribution in [3.63, 3.8) is 0 Å². The number of piperazine rings is 1. The second-order valence-electron chi connectivity index (χ2n) is 4.48. The summed E-state index contributed by atoms with van der Waals surface area (Å²) in [5.74, 6) is -0.194. The summed E-state index contributed by atoms with van der Waals surface area (Å²) in [6.45, 7) is 5.17. The number of hydrogen-bond donors (Lipinski definition) is 1. The zero-order chi connectivity index (χ0) is 12.3. The summed E-state index contributed by atoms with van der Waals surface area (Å²) >= 11 is 3.44. The predicted octanol–water partition coefficient (Wildman–Crippen LogP) is 3.17. The lowest BCUT2D eigenvalue weighted by atomic mass is 10.1. The summed E-state index contributed by atoms with van der Waals surface area (Å²) in [7, 11) is 0. The smallest absolute Gasteiger partial charge is 0.124 e. The van der Waals surface area contributed by atoms with Gasteiger partial charge in [-0.25, -0.2) is 4.39 Å². The molecule has 1 saturated heterocycles. The van der Waals surface area contributed by atoms with E-state index in [2.05, 4.69) is 33.1 Å². The molecule has 0 aromatic heterocycles. The van der Waals surface area contributed by atoms with Crippen LogP contribution in [0.2, 0.25) is 0 Å². The molecule has 1 heterocycles. The molecule has 0 spiro atoms. The summed E-state index contributed by atoms with van der Waals surface area (Å²) < 4.78 is 13.9. The molecule has 1 aromatic rings. The fourth-order valence-electron chi connectivity index (χ4n) is 2.32. The van der Waals surface area contributed by atoms with Gasteiger partial charge in [-0.2, -0.15) is 0 Å². The Kier molecular flexibility index (Phi) is 4.40. The number of rotatable bonds is 3. The highest BCUT2D eigenvalue weighted by atomic mass is 79.9. The lowest BCUT2D eigenvalue weighted by Crippen LogP contribution is -2.50. The second kappa shape index (κ2) is 5.83. The maximum atomic E-state index is 13.1. The van der Waals surface area contributed by atoms with Crippen LogP contribution >= 0.6 is 15.9 Å². The second-order valence-corrected chi connectivity index (χ2v) is 5.34. The molecule has 2 nitrogen and oxygen atoms in total. The van der Waals surface area contributed by atoms with Crippen LogP contribution in [0, 0.1) is 5.82 Å². The Balaban J connectivity index is 2.10. The summed E-state index contributed by atoms with van der Waals surface area (Å²) in [5, 5.41) is 3.52. The number of benzene rings is 1. The zero-order valence-electron chi connectivity index (χ0n) is 10.0. The van der Waals surface area contributed by atoms with E-state index in [0.717, 1.165) is 29.8 Å². The minimum absolute atomic E-state index is 0.194. The van der Waals surface area contributed by atoms with Crippen LogP contribution in [-0.2, 0) is 0 Å². The molecule has 4 heteroatoms. The van der Waals surface area contributed by atoms with Gasteiger partial charge in [0.1, 0.15) is 5.82 Å². The molecule has 1 unspecified atom stereocenters. The van der Waals surface area contributed by atoms with Gasteiger partial charge in [-0.3, -0.25) is 0 Å². The standard InChI is InChI=1S/C13H18BrFN2/c1-2-3-11-9-17(7-6-16-11)13-5-4-10(15)8-12(13)14/h4-5,8,11,16H,2-3,6-7,9H2,1H3. The summed E-state index contributed by atoms with van der Waals surface area (Å²) in [6, 6.07) is 5.46. The lowest BCUT2D eigenvalue weighted by molar-refractivity contribution is 0.430. The molecule has 0 saturated carbocycles. The first-order chi connectivity index (χ1) is 8.20. The molecule has 0 aliphatic carbocycles. The van der Waals surface area contributed by atoms with Gasteiger partial charge in [0.25, 0.3) is 0 Å². The SMILES string of the molecule is CCCC1CN(c2ccc(F)cc2Br)CCN1. The van der Waals surface area contributed by atoms with Crippen molar-refractivity contribution < 1.29 is 4.39 Å². The van der Waals surface area contributed by atoms with Gasteiger partial charge in [0, 0.05) is 30.1 Å². The van der Waals surface area contributed by atoms with Crippen molar-refractivity contribution in [2.24, 2.45) is 0 Å². The number of halogens is 2. The van der Waals surface area contributed by atoms with E-state index in [1.165, 1.54) is 25.0 Å². The molecule has 1 aliphatic rings. The summed E-state index contributed by atoms with van der Waals surface area (Å²) in [4.78, 5) is 2.32. The van der Waals surface area contributed by atoms with Crippen molar-refractivity contribution in [2.45, 2.75) is 25.8 Å². The Labute approximate surface area is 110 Å². The molecule has 1 fully saturated rings. The topological polar surface area (TPSA) is 15.3 Å². The quantitative estimate of drug-likeness (QED) is 0.922. The van der Waals surface area contributed by atoms with Crippen molar-refractivity contribution >= 4 is 21.6 Å². The highest BCUT2D eigenvalue weighted by molar-refractivity contribution is 9.10. The molecule has 1 N–H and O–H groups in total. The molecule has 1 aliphatic heterocycles. The Morgan fingerprint density at radius 1 is 1.53 bits per heavy atom. The van der Waals surface area contributed by atoms with Gasteiger partial charge >= 0.3 is 0 Å². The first-order valence-electron chi connectivity index (χ1n) is 6.14. The minimum Gasteiger partial charge on any atom is -0.368 e. The zero-order valence-corrected chi connectivity index (χ0v) is 11.6. The van der Waals surface area contributed by atoms with Crippen LogP contribution < -0.4 is 10.2 Å². The molecule has 2 rings (SSSR count). The van der Waals surface area contributed by atoms with Gasteiger partial charge in [-0.15, -0.1) is 0 Å². The van der Waals surface area contributed by atoms with E-state index in [0.29, 0.717) is 6.04 Å². The highest BCUT2D eigenvalue weighted by Crippen LogP contribution is 2.28. The van der Waals surface area contributed by atoms with Gasteiger partial charge in [0.05, 0.1) is 5.69 Å². The Morgan fingerprint density at radius 2 is 2.35 bits per heavy atom. The summed E-state index contributed by atoms with van der Waals surface area (Å²) in [5.41, 5.74) is 1.09. The summed E-state index contributed by atoms with van der Waals surface area (Å²) in [6.07, 6.45) is 2.38. The fraction of sp³-hybridized carbons (Fsp3) is 0.538. The minimum atomic E-state index is -0.194. The molecule has 0 amide bonds. The van der Waals surface area contributed by atoms with E-state index in [4.69, 9.17) is 0 Å². The molecule has 17 heavy (non-hydrogen) atoms. The maximum absolute atomic E-state index is 13.1. The largest absolute Gasteiger partial charge is 0.368 e. The monoisotopic (exact) mass is 300 g/mol. The van der Waals surface area contributed by atoms with E-state index in [-0.39, 0.29) is 5.82 Å². The van der Waals surface area contributed by atoms with Crippen molar-refractivity contribution in [3.8, 4) is 0 Å². The molecule has 0 bridgehead atoms. The average Bonchev–Trinajstić information content (AvgIpc) is 2.29. The third-order valence-electron chi connectivity index (χ3n) is 3.14.